The number of nitrogen functional groups attached to an aromatic ring is 1. The molecular weight excluding hydrogens is 180 g/mol. The van der Waals surface area contributed by atoms with E-state index in [9.17, 15) is 0 Å². The molecule has 5 nitrogen and oxygen atoms in total. The molecule has 0 saturated carbocycles. The topological polar surface area (TPSA) is 73.1 Å². The molecule has 0 spiro atoms. The summed E-state index contributed by atoms with van der Waals surface area (Å²) in [5, 5.41) is 3.15. The number of nitrogens with zero attached hydrogens (tertiary/aromatic N) is 2. The van der Waals surface area contributed by atoms with Crippen molar-refractivity contribution in [3.63, 3.8) is 0 Å². The van der Waals surface area contributed by atoms with Crippen LogP contribution in [0.15, 0.2) is 12.4 Å². The second kappa shape index (κ2) is 5.39. The van der Waals surface area contributed by atoms with Crippen LogP contribution in [0.5, 0.6) is 0 Å². The lowest BCUT2D eigenvalue weighted by molar-refractivity contribution is 0.141. The summed E-state index contributed by atoms with van der Waals surface area (Å²) in [6, 6.07) is 0.216. The van der Waals surface area contributed by atoms with E-state index in [1.54, 1.807) is 6.20 Å². The number of nitrogens with two attached hydrogens (primary N) is 1. The fourth-order valence-electron chi connectivity index (χ4n) is 1.00. The van der Waals surface area contributed by atoms with Crippen LogP contribution >= 0.6 is 0 Å². The van der Waals surface area contributed by atoms with Gasteiger partial charge in [-0.05, 0) is 13.8 Å². The minimum Gasteiger partial charge on any atom is -0.382 e. The molecule has 0 aliphatic carbocycles. The Morgan fingerprint density at radius 3 is 2.86 bits per heavy atom. The quantitative estimate of drug-likeness (QED) is 0.731. The average Bonchev–Trinajstić information content (AvgIpc) is 2.18. The van der Waals surface area contributed by atoms with Gasteiger partial charge in [-0.25, -0.2) is 9.97 Å². The summed E-state index contributed by atoms with van der Waals surface area (Å²) >= 11 is 0. The first-order valence-corrected chi connectivity index (χ1v) is 4.64. The molecule has 78 valence electrons. The molecule has 1 unspecified atom stereocenters. The SMILES string of the molecule is CCOCC(C)Nc1cnc(N)cn1. The third kappa shape index (κ3) is 3.57. The molecule has 0 bridgehead atoms. The first-order chi connectivity index (χ1) is 6.72. The highest BCUT2D eigenvalue weighted by Crippen LogP contribution is 2.03. The lowest BCUT2D eigenvalue weighted by Gasteiger charge is -2.13. The van der Waals surface area contributed by atoms with Crippen LogP contribution in [0, 0.1) is 0 Å². The standard InChI is InChI=1S/C9H16N4O/c1-3-14-6-7(2)13-9-5-11-8(10)4-12-9/h4-5,7H,3,6H2,1-2H3,(H2,10,11)(H,12,13). The lowest BCUT2D eigenvalue weighted by Crippen LogP contribution is -2.22. The number of ether oxygens (including phenoxy) is 1. The van der Waals surface area contributed by atoms with Crippen LogP contribution in [0.25, 0.3) is 0 Å². The molecule has 1 aromatic rings. The van der Waals surface area contributed by atoms with Gasteiger partial charge in [0.05, 0.1) is 19.0 Å². The molecule has 1 heterocycles. The van der Waals surface area contributed by atoms with Crippen molar-refractivity contribution in [2.45, 2.75) is 19.9 Å². The van der Waals surface area contributed by atoms with Crippen LogP contribution < -0.4 is 11.1 Å². The van der Waals surface area contributed by atoms with E-state index in [0.717, 1.165) is 6.61 Å². The predicted octanol–water partition coefficient (Wildman–Crippen LogP) is 0.896. The molecule has 5 heteroatoms. The van der Waals surface area contributed by atoms with Crippen LogP contribution in [0.3, 0.4) is 0 Å². The molecule has 0 aliphatic rings. The Labute approximate surface area is 83.7 Å². The van der Waals surface area contributed by atoms with Crippen molar-refractivity contribution in [2.75, 3.05) is 24.3 Å². The Bertz CT molecular complexity index is 262. The predicted molar refractivity (Wildman–Crippen MR) is 56.0 cm³/mol. The van der Waals surface area contributed by atoms with Gasteiger partial charge in [-0.15, -0.1) is 0 Å². The first-order valence-electron chi connectivity index (χ1n) is 4.64. The molecular formula is C9H16N4O. The molecule has 0 amide bonds. The monoisotopic (exact) mass is 196 g/mol. The molecule has 1 atom stereocenters. The van der Waals surface area contributed by atoms with E-state index < -0.39 is 0 Å². The van der Waals surface area contributed by atoms with E-state index in [4.69, 9.17) is 10.5 Å². The van der Waals surface area contributed by atoms with Crippen molar-refractivity contribution in [2.24, 2.45) is 0 Å². The van der Waals surface area contributed by atoms with Crippen LogP contribution in [0.1, 0.15) is 13.8 Å². The third-order valence-corrected chi connectivity index (χ3v) is 1.64. The zero-order valence-electron chi connectivity index (χ0n) is 8.53. The summed E-state index contributed by atoms with van der Waals surface area (Å²) in [6.07, 6.45) is 3.13. The smallest absolute Gasteiger partial charge is 0.144 e. The van der Waals surface area contributed by atoms with Gasteiger partial charge in [-0.2, -0.15) is 0 Å². The van der Waals surface area contributed by atoms with E-state index >= 15 is 0 Å². The van der Waals surface area contributed by atoms with E-state index in [2.05, 4.69) is 15.3 Å². The maximum Gasteiger partial charge on any atom is 0.144 e. The fourth-order valence-corrected chi connectivity index (χ4v) is 1.00. The number of rotatable bonds is 5. The normalized spacial score (nSPS) is 12.4. The van der Waals surface area contributed by atoms with Crippen LogP contribution in [0.4, 0.5) is 11.6 Å². The van der Waals surface area contributed by atoms with E-state index in [1.807, 2.05) is 13.8 Å². The number of hydrogen-bond acceptors (Lipinski definition) is 5. The van der Waals surface area contributed by atoms with Crippen molar-refractivity contribution in [3.8, 4) is 0 Å². The largest absolute Gasteiger partial charge is 0.382 e. The molecule has 3 N–H and O–H groups in total. The fraction of sp³-hybridized carbons (Fsp3) is 0.556. The molecule has 0 radical (unpaired) electrons. The van der Waals surface area contributed by atoms with Crippen molar-refractivity contribution in [1.29, 1.82) is 0 Å². The van der Waals surface area contributed by atoms with Crippen LogP contribution in [0.2, 0.25) is 0 Å². The molecule has 14 heavy (non-hydrogen) atoms. The highest BCUT2D eigenvalue weighted by Gasteiger charge is 2.02. The Hall–Kier alpha value is -1.36. The van der Waals surface area contributed by atoms with E-state index in [-0.39, 0.29) is 6.04 Å². The summed E-state index contributed by atoms with van der Waals surface area (Å²) in [7, 11) is 0. The minimum absolute atomic E-state index is 0.216. The minimum atomic E-state index is 0.216. The lowest BCUT2D eigenvalue weighted by atomic mass is 10.3. The van der Waals surface area contributed by atoms with Gasteiger partial charge in [0, 0.05) is 12.6 Å². The van der Waals surface area contributed by atoms with Crippen molar-refractivity contribution in [3.05, 3.63) is 12.4 Å². The third-order valence-electron chi connectivity index (χ3n) is 1.64. The average molecular weight is 196 g/mol. The number of aromatic nitrogens is 2. The van der Waals surface area contributed by atoms with E-state index in [0.29, 0.717) is 18.2 Å². The van der Waals surface area contributed by atoms with Gasteiger partial charge in [-0.3, -0.25) is 0 Å². The summed E-state index contributed by atoms with van der Waals surface area (Å²) in [6.45, 7) is 5.37. The highest BCUT2D eigenvalue weighted by atomic mass is 16.5. The number of hydrogen-bond donors (Lipinski definition) is 2. The van der Waals surface area contributed by atoms with Gasteiger partial charge in [0.2, 0.25) is 0 Å². The maximum absolute atomic E-state index is 5.41. The van der Waals surface area contributed by atoms with Gasteiger partial charge < -0.3 is 15.8 Å². The summed E-state index contributed by atoms with van der Waals surface area (Å²) in [4.78, 5) is 8.00. The number of anilines is 2. The van der Waals surface area contributed by atoms with E-state index in [1.165, 1.54) is 6.20 Å². The van der Waals surface area contributed by atoms with Crippen molar-refractivity contribution in [1.82, 2.24) is 9.97 Å². The highest BCUT2D eigenvalue weighted by molar-refractivity contribution is 5.36. The Kier molecular flexibility index (Phi) is 4.12. The molecule has 0 saturated heterocycles. The summed E-state index contributed by atoms with van der Waals surface area (Å²) in [5.74, 6) is 1.14. The van der Waals surface area contributed by atoms with Crippen LogP contribution in [-0.2, 0) is 4.74 Å². The second-order valence-electron chi connectivity index (χ2n) is 3.03. The first kappa shape index (κ1) is 10.7. The molecule has 0 fully saturated rings. The Balaban J connectivity index is 2.39. The van der Waals surface area contributed by atoms with Gasteiger partial charge in [0.25, 0.3) is 0 Å². The Morgan fingerprint density at radius 2 is 2.29 bits per heavy atom. The molecule has 1 aromatic heterocycles. The molecule has 1 rings (SSSR count). The van der Waals surface area contributed by atoms with Gasteiger partial charge >= 0.3 is 0 Å². The zero-order valence-corrected chi connectivity index (χ0v) is 8.53. The number of nitrogens with one attached hydrogen (secondary N) is 1. The molecule has 0 aromatic carbocycles. The summed E-state index contributed by atoms with van der Waals surface area (Å²) < 4.78 is 5.26. The zero-order chi connectivity index (χ0) is 10.4. The second-order valence-corrected chi connectivity index (χ2v) is 3.03. The molecule has 0 aliphatic heterocycles. The van der Waals surface area contributed by atoms with Crippen LogP contribution in [-0.4, -0.2) is 29.2 Å². The maximum atomic E-state index is 5.41. The van der Waals surface area contributed by atoms with Crippen molar-refractivity contribution < 1.29 is 4.74 Å². The van der Waals surface area contributed by atoms with Gasteiger partial charge in [0.15, 0.2) is 0 Å². The Morgan fingerprint density at radius 1 is 1.50 bits per heavy atom. The van der Waals surface area contributed by atoms with Gasteiger partial charge in [-0.1, -0.05) is 0 Å². The summed E-state index contributed by atoms with van der Waals surface area (Å²) in [5.41, 5.74) is 5.41. The van der Waals surface area contributed by atoms with Gasteiger partial charge in [0.1, 0.15) is 11.6 Å². The van der Waals surface area contributed by atoms with Crippen molar-refractivity contribution >= 4 is 11.6 Å².